The van der Waals surface area contributed by atoms with Gasteiger partial charge in [0.15, 0.2) is 15.5 Å². The van der Waals surface area contributed by atoms with Crippen LogP contribution in [0.4, 0.5) is 5.82 Å². The van der Waals surface area contributed by atoms with Gasteiger partial charge < -0.3 is 21.4 Å². The largest absolute Gasteiger partial charge is 0.382 e. The molecule has 2 aliphatic heterocycles. The third-order valence-electron chi connectivity index (χ3n) is 7.00. The number of amides is 1. The first-order valence-electron chi connectivity index (χ1n) is 11.5. The zero-order valence-electron chi connectivity index (χ0n) is 19.3. The van der Waals surface area contributed by atoms with Crippen LogP contribution in [0.25, 0.3) is 16.1 Å². The lowest BCUT2D eigenvalue weighted by molar-refractivity contribution is 0.0556. The molecule has 0 saturated carbocycles. The fourth-order valence-corrected chi connectivity index (χ4v) is 7.40. The smallest absolute Gasteiger partial charge is 0.292 e. The van der Waals surface area contributed by atoms with Gasteiger partial charge in [-0.3, -0.25) is 4.79 Å². The monoisotopic (exact) mass is 528 g/mol. The van der Waals surface area contributed by atoms with Crippen LogP contribution in [0.15, 0.2) is 23.6 Å². The van der Waals surface area contributed by atoms with E-state index in [-0.39, 0.29) is 40.4 Å². The molecule has 3 atom stereocenters. The number of hydrogen-bond acceptors (Lipinski definition) is 11. The van der Waals surface area contributed by atoms with E-state index in [0.29, 0.717) is 36.3 Å². The Morgan fingerprint density at radius 3 is 2.61 bits per heavy atom. The van der Waals surface area contributed by atoms with E-state index in [1.807, 2.05) is 4.90 Å². The van der Waals surface area contributed by atoms with E-state index in [9.17, 15) is 13.2 Å². The molecule has 2 fully saturated rings. The lowest BCUT2D eigenvalue weighted by Crippen LogP contribution is -2.46. The summed E-state index contributed by atoms with van der Waals surface area (Å²) in [5.41, 5.74) is 13.8. The number of nitrogens with one attached hydrogen (secondary N) is 1. The van der Waals surface area contributed by atoms with Crippen molar-refractivity contribution in [3.63, 3.8) is 0 Å². The minimum Gasteiger partial charge on any atom is -0.382 e. The van der Waals surface area contributed by atoms with Crippen molar-refractivity contribution in [2.45, 2.75) is 55.1 Å². The molecule has 188 valence electrons. The van der Waals surface area contributed by atoms with Crippen molar-refractivity contribution in [2.24, 2.45) is 5.73 Å². The first-order valence-corrected chi connectivity index (χ1v) is 14.2. The molecule has 6 rings (SSSR count). The van der Waals surface area contributed by atoms with Crippen LogP contribution in [0.2, 0.25) is 0 Å². The number of thiazole rings is 1. The van der Waals surface area contributed by atoms with Gasteiger partial charge in [0.25, 0.3) is 5.91 Å². The van der Waals surface area contributed by atoms with Gasteiger partial charge in [-0.2, -0.15) is 9.61 Å². The highest BCUT2D eigenvalue weighted by molar-refractivity contribution is 7.91. The summed E-state index contributed by atoms with van der Waals surface area (Å²) in [6, 6.07) is -0.119. The van der Waals surface area contributed by atoms with E-state index in [1.165, 1.54) is 22.2 Å². The fraction of sp³-hybridized carbons (Fsp3) is 0.429. The molecule has 2 saturated heterocycles. The third-order valence-corrected chi connectivity index (χ3v) is 9.21. The topological polar surface area (TPSA) is 191 Å². The fourth-order valence-electron chi connectivity index (χ4n) is 5.54. The molecule has 6 heterocycles. The van der Waals surface area contributed by atoms with Gasteiger partial charge in [-0.25, -0.2) is 18.4 Å². The van der Waals surface area contributed by atoms with Crippen molar-refractivity contribution in [1.29, 1.82) is 0 Å². The lowest BCUT2D eigenvalue weighted by Gasteiger charge is -2.38. The highest BCUT2D eigenvalue weighted by Crippen LogP contribution is 2.45. The molecule has 0 unspecified atom stereocenters. The van der Waals surface area contributed by atoms with Gasteiger partial charge in [0.1, 0.15) is 22.0 Å². The maximum Gasteiger partial charge on any atom is 0.292 e. The number of anilines is 1. The zero-order valence-corrected chi connectivity index (χ0v) is 21.0. The van der Waals surface area contributed by atoms with E-state index in [0.717, 1.165) is 29.0 Å². The van der Waals surface area contributed by atoms with Crippen molar-refractivity contribution < 1.29 is 13.2 Å². The second-order valence-corrected chi connectivity index (χ2v) is 12.3. The van der Waals surface area contributed by atoms with Crippen LogP contribution >= 0.6 is 11.3 Å². The summed E-state index contributed by atoms with van der Waals surface area (Å²) < 4.78 is 27.2. The molecule has 0 aromatic carbocycles. The summed E-state index contributed by atoms with van der Waals surface area (Å²) in [5.74, 6) is -0.151. The molecule has 15 heteroatoms. The standard InChI is InChI=1S/C21H24N10O3S2/c1-36(33,34)17-16(10-4-11-2-3-12(5-10)30(11)21(32)19-25-9-26-29-19)28-20-13(7-27-31(20)18(17)23)14-8-24-15(6-22)35-14/h7-12H,2-6,22-23H2,1H3,(H,25,26,29)/t10-,11-,12+. The molecule has 2 aliphatic rings. The van der Waals surface area contributed by atoms with Crippen molar-refractivity contribution in [2.75, 3.05) is 12.0 Å². The Hall–Kier alpha value is -3.43. The average molecular weight is 529 g/mol. The average Bonchev–Trinajstić information content (AvgIpc) is 3.63. The maximum atomic E-state index is 13.0. The molecule has 1 amide bonds. The molecule has 36 heavy (non-hydrogen) atoms. The molecule has 0 aliphatic carbocycles. The van der Waals surface area contributed by atoms with Gasteiger partial charge in [0.05, 0.1) is 22.3 Å². The quantitative estimate of drug-likeness (QED) is 0.336. The summed E-state index contributed by atoms with van der Waals surface area (Å²) >= 11 is 1.43. The molecular weight excluding hydrogens is 504 g/mol. The van der Waals surface area contributed by atoms with Crippen LogP contribution in [0, 0.1) is 0 Å². The highest BCUT2D eigenvalue weighted by Gasteiger charge is 2.46. The van der Waals surface area contributed by atoms with E-state index in [2.05, 4.69) is 25.3 Å². The summed E-state index contributed by atoms with van der Waals surface area (Å²) in [7, 11) is -3.72. The third kappa shape index (κ3) is 3.57. The van der Waals surface area contributed by atoms with Crippen LogP contribution in [-0.4, -0.2) is 72.3 Å². The number of rotatable bonds is 5. The number of aromatic nitrogens is 7. The van der Waals surface area contributed by atoms with Gasteiger partial charge in [-0.1, -0.05) is 0 Å². The SMILES string of the molecule is CS(=O)(=O)c1c([C@@H]2C[C@H]3CC[C@@H](C2)N3C(=O)c2nnc[nH]2)nc2c(-c3cnc(CN)s3)cnn2c1N. The predicted molar refractivity (Wildman–Crippen MR) is 131 cm³/mol. The van der Waals surface area contributed by atoms with Gasteiger partial charge >= 0.3 is 0 Å². The number of carbonyl (C=O) groups is 1. The molecule has 4 aromatic heterocycles. The van der Waals surface area contributed by atoms with Crippen molar-refractivity contribution in [3.05, 3.63) is 35.2 Å². The highest BCUT2D eigenvalue weighted by atomic mass is 32.2. The van der Waals surface area contributed by atoms with E-state index >= 15 is 0 Å². The number of fused-ring (bicyclic) bond motifs is 3. The van der Waals surface area contributed by atoms with Crippen molar-refractivity contribution >= 4 is 38.5 Å². The first-order chi connectivity index (χ1) is 17.3. The second-order valence-electron chi connectivity index (χ2n) is 9.20. The minimum atomic E-state index is -3.72. The Kier molecular flexibility index (Phi) is 5.31. The molecule has 4 aromatic rings. The Bertz CT molecular complexity index is 1560. The van der Waals surface area contributed by atoms with Crippen molar-refractivity contribution in [1.82, 2.24) is 39.7 Å². The Balaban J connectivity index is 1.44. The predicted octanol–water partition coefficient (Wildman–Crippen LogP) is 0.966. The molecule has 0 spiro atoms. The molecule has 13 nitrogen and oxygen atoms in total. The maximum absolute atomic E-state index is 13.0. The van der Waals surface area contributed by atoms with Crippen molar-refractivity contribution in [3.8, 4) is 10.4 Å². The Labute approximate surface area is 209 Å². The number of H-pyrrole nitrogens is 1. The van der Waals surface area contributed by atoms with E-state index in [4.69, 9.17) is 16.5 Å². The van der Waals surface area contributed by atoms with Gasteiger partial charge in [-0.05, 0) is 25.7 Å². The number of sulfone groups is 1. The van der Waals surface area contributed by atoms with Gasteiger partial charge in [-0.15, -0.1) is 21.5 Å². The lowest BCUT2D eigenvalue weighted by atomic mass is 9.87. The molecule has 5 N–H and O–H groups in total. The molecule has 0 radical (unpaired) electrons. The van der Waals surface area contributed by atoms with E-state index in [1.54, 1.807) is 12.4 Å². The Morgan fingerprint density at radius 1 is 1.25 bits per heavy atom. The van der Waals surface area contributed by atoms with Crippen LogP contribution in [-0.2, 0) is 16.4 Å². The van der Waals surface area contributed by atoms with Crippen LogP contribution < -0.4 is 11.5 Å². The number of nitrogens with two attached hydrogens (primary N) is 2. The first kappa shape index (κ1) is 23.0. The summed E-state index contributed by atoms with van der Waals surface area (Å²) in [6.45, 7) is 0.317. The van der Waals surface area contributed by atoms with Gasteiger partial charge in [0.2, 0.25) is 5.82 Å². The number of piperidine rings is 1. The van der Waals surface area contributed by atoms with Crippen LogP contribution in [0.3, 0.4) is 0 Å². The molecular formula is C21H24N10O3S2. The Morgan fingerprint density at radius 2 is 2.00 bits per heavy atom. The number of hydrogen-bond donors (Lipinski definition) is 3. The van der Waals surface area contributed by atoms with Gasteiger partial charge in [0, 0.05) is 37.0 Å². The normalized spacial score (nSPS) is 21.9. The number of carbonyl (C=O) groups excluding carboxylic acids is 1. The molecule has 2 bridgehead atoms. The zero-order chi connectivity index (χ0) is 25.2. The summed E-state index contributed by atoms with van der Waals surface area (Å²) in [4.78, 5) is 27.7. The summed E-state index contributed by atoms with van der Waals surface area (Å²) in [5, 5.41) is 12.7. The van der Waals surface area contributed by atoms with E-state index < -0.39 is 9.84 Å². The number of aromatic amines is 1. The van der Waals surface area contributed by atoms with Crippen LogP contribution in [0.5, 0.6) is 0 Å². The second kappa shape index (κ2) is 8.31. The number of nitrogens with zero attached hydrogens (tertiary/aromatic N) is 7. The summed E-state index contributed by atoms with van der Waals surface area (Å²) in [6.07, 6.45) is 8.64. The number of nitrogen functional groups attached to an aromatic ring is 1. The van der Waals surface area contributed by atoms with Crippen LogP contribution in [0.1, 0.15) is 52.9 Å². The minimum absolute atomic E-state index is 0.00369.